The molecule has 0 fully saturated rings. The highest BCUT2D eigenvalue weighted by Crippen LogP contribution is 2.09. The summed E-state index contributed by atoms with van der Waals surface area (Å²) in [6, 6.07) is 20.6. The molecule has 7 nitrogen and oxygen atoms in total. The van der Waals surface area contributed by atoms with Crippen LogP contribution in [0, 0.1) is 0 Å². The molecule has 1 heterocycles. The molecule has 0 aliphatic heterocycles. The van der Waals surface area contributed by atoms with Crippen LogP contribution in [0.1, 0.15) is 23.3 Å². The number of sulfonamides is 1. The van der Waals surface area contributed by atoms with Crippen molar-refractivity contribution < 1.29 is 12.8 Å². The van der Waals surface area contributed by atoms with Crippen LogP contribution in [0.25, 0.3) is 0 Å². The van der Waals surface area contributed by atoms with Gasteiger partial charge in [-0.2, -0.15) is 0 Å². The topological polar surface area (TPSA) is 110 Å². The first-order valence-electron chi connectivity index (χ1n) is 10.2. The fourth-order valence-electron chi connectivity index (χ4n) is 3.03. The van der Waals surface area contributed by atoms with Gasteiger partial charge in [0.2, 0.25) is 10.0 Å². The summed E-state index contributed by atoms with van der Waals surface area (Å²) in [7, 11) is -3.69. The molecule has 3 rings (SSSR count). The van der Waals surface area contributed by atoms with Gasteiger partial charge in [-0.1, -0.05) is 42.5 Å². The summed E-state index contributed by atoms with van der Waals surface area (Å²) in [4.78, 5) is 4.73. The predicted octanol–water partition coefficient (Wildman–Crippen LogP) is 2.84. The van der Waals surface area contributed by atoms with Crippen LogP contribution in [0.3, 0.4) is 0 Å². The van der Waals surface area contributed by atoms with E-state index in [2.05, 4.69) is 27.8 Å². The number of rotatable bonds is 10. The summed E-state index contributed by atoms with van der Waals surface area (Å²) in [5, 5.41) is 11.8. The van der Waals surface area contributed by atoms with E-state index in [0.29, 0.717) is 19.0 Å². The number of aryl methyl sites for hydroxylation is 1. The van der Waals surface area contributed by atoms with E-state index in [1.54, 1.807) is 18.4 Å². The van der Waals surface area contributed by atoms with Crippen LogP contribution >= 0.6 is 0 Å². The van der Waals surface area contributed by atoms with E-state index in [9.17, 15) is 8.42 Å². The van der Waals surface area contributed by atoms with E-state index >= 15 is 0 Å². The van der Waals surface area contributed by atoms with E-state index in [0.717, 1.165) is 37.1 Å². The second kappa shape index (κ2) is 11.3. The molecule has 2 aromatic carbocycles. The number of nitrogens with zero attached hydrogens (tertiary/aromatic N) is 1. The number of furan rings is 1. The molecule has 3 aromatic rings. The van der Waals surface area contributed by atoms with Crippen LogP contribution in [0.15, 0.2) is 87.3 Å². The van der Waals surface area contributed by atoms with Crippen molar-refractivity contribution in [2.75, 3.05) is 13.1 Å². The van der Waals surface area contributed by atoms with E-state index in [1.165, 1.54) is 17.7 Å². The maximum Gasteiger partial charge on any atom is 0.238 e. The Kier molecular flexibility index (Phi) is 8.26. The molecule has 0 saturated carbocycles. The smallest absolute Gasteiger partial charge is 0.238 e. The monoisotopic (exact) mass is 440 g/mol. The predicted molar refractivity (Wildman–Crippen MR) is 122 cm³/mol. The van der Waals surface area contributed by atoms with E-state index in [1.807, 2.05) is 30.3 Å². The maximum absolute atomic E-state index is 11.4. The summed E-state index contributed by atoms with van der Waals surface area (Å²) in [6.45, 7) is 1.88. The second-order valence-electron chi connectivity index (χ2n) is 7.13. The van der Waals surface area contributed by atoms with Gasteiger partial charge < -0.3 is 15.1 Å². The number of benzene rings is 2. The van der Waals surface area contributed by atoms with Crippen LogP contribution in [-0.4, -0.2) is 27.5 Å². The average Bonchev–Trinajstić information content (AvgIpc) is 3.28. The SMILES string of the molecule is NS(=O)(=O)c1ccc(CN=C(NCCCc2ccccc2)NCCc2ccco2)cc1. The zero-order chi connectivity index (χ0) is 21.9. The molecule has 0 amide bonds. The Balaban J connectivity index is 1.55. The minimum absolute atomic E-state index is 0.0936. The number of hydrogen-bond acceptors (Lipinski definition) is 4. The molecule has 4 N–H and O–H groups in total. The lowest BCUT2D eigenvalue weighted by molar-refractivity contribution is 0.506. The first-order chi connectivity index (χ1) is 15.0. The molecule has 31 heavy (non-hydrogen) atoms. The standard InChI is InChI=1S/C23H28N4O3S/c24-31(28,29)22-12-10-20(11-13-22)18-27-23(26-16-14-21-9-5-17-30-21)25-15-4-8-19-6-2-1-3-7-19/h1-3,5-7,9-13,17H,4,8,14-16,18H2,(H2,24,28,29)(H2,25,26,27). The third-order valence-electron chi connectivity index (χ3n) is 4.69. The Morgan fingerprint density at radius 1 is 0.871 bits per heavy atom. The van der Waals surface area contributed by atoms with Crippen LogP contribution in [0.2, 0.25) is 0 Å². The number of nitrogens with one attached hydrogen (secondary N) is 2. The third kappa shape index (κ3) is 7.92. The normalized spacial score (nSPS) is 12.0. The van der Waals surface area contributed by atoms with Crippen molar-refractivity contribution >= 4 is 16.0 Å². The molecule has 0 bridgehead atoms. The van der Waals surface area contributed by atoms with E-state index in [4.69, 9.17) is 9.56 Å². The summed E-state index contributed by atoms with van der Waals surface area (Å²) in [5.41, 5.74) is 2.20. The highest BCUT2D eigenvalue weighted by molar-refractivity contribution is 7.89. The lowest BCUT2D eigenvalue weighted by Gasteiger charge is -2.12. The molecule has 0 spiro atoms. The molecule has 0 atom stereocenters. The molecule has 8 heteroatoms. The van der Waals surface area contributed by atoms with Crippen molar-refractivity contribution in [1.29, 1.82) is 0 Å². The van der Waals surface area contributed by atoms with Gasteiger partial charge in [0.1, 0.15) is 5.76 Å². The maximum atomic E-state index is 11.4. The second-order valence-corrected chi connectivity index (χ2v) is 8.69. The van der Waals surface area contributed by atoms with Crippen molar-refractivity contribution in [3.63, 3.8) is 0 Å². The average molecular weight is 441 g/mol. The van der Waals surface area contributed by atoms with E-state index in [-0.39, 0.29) is 4.90 Å². The first-order valence-corrected chi connectivity index (χ1v) is 11.8. The van der Waals surface area contributed by atoms with Crippen molar-refractivity contribution in [2.24, 2.45) is 10.1 Å². The highest BCUT2D eigenvalue weighted by Gasteiger charge is 2.07. The number of nitrogens with two attached hydrogens (primary N) is 1. The van der Waals surface area contributed by atoms with Crippen molar-refractivity contribution in [3.8, 4) is 0 Å². The fourth-order valence-corrected chi connectivity index (χ4v) is 3.55. The summed E-state index contributed by atoms with van der Waals surface area (Å²) in [5.74, 6) is 1.62. The Hall–Kier alpha value is -3.10. The summed E-state index contributed by atoms with van der Waals surface area (Å²) < 4.78 is 28.2. The summed E-state index contributed by atoms with van der Waals surface area (Å²) in [6.07, 6.45) is 4.38. The molecular weight excluding hydrogens is 412 g/mol. The van der Waals surface area contributed by atoms with Gasteiger partial charge in [0, 0.05) is 19.5 Å². The Labute approximate surface area is 183 Å². The number of hydrogen-bond donors (Lipinski definition) is 3. The number of guanidine groups is 1. The Morgan fingerprint density at radius 3 is 2.29 bits per heavy atom. The fraction of sp³-hybridized carbons (Fsp3) is 0.261. The third-order valence-corrected chi connectivity index (χ3v) is 5.62. The number of aliphatic imine (C=N–C) groups is 1. The lowest BCUT2D eigenvalue weighted by Crippen LogP contribution is -2.39. The van der Waals surface area contributed by atoms with Crippen LogP contribution in [0.4, 0.5) is 0 Å². The van der Waals surface area contributed by atoms with Crippen LogP contribution in [0.5, 0.6) is 0 Å². The number of primary sulfonamides is 1. The Morgan fingerprint density at radius 2 is 1.61 bits per heavy atom. The molecule has 1 aromatic heterocycles. The zero-order valence-electron chi connectivity index (χ0n) is 17.3. The quantitative estimate of drug-likeness (QED) is 0.255. The first kappa shape index (κ1) is 22.6. The molecular formula is C23H28N4O3S. The molecule has 0 saturated heterocycles. The minimum atomic E-state index is -3.69. The van der Waals surface area contributed by atoms with Crippen LogP contribution < -0.4 is 15.8 Å². The van der Waals surface area contributed by atoms with Gasteiger partial charge in [0.15, 0.2) is 5.96 Å². The highest BCUT2D eigenvalue weighted by atomic mass is 32.2. The van der Waals surface area contributed by atoms with Gasteiger partial charge in [-0.3, -0.25) is 0 Å². The van der Waals surface area contributed by atoms with Crippen molar-refractivity contribution in [3.05, 3.63) is 89.9 Å². The van der Waals surface area contributed by atoms with Gasteiger partial charge >= 0.3 is 0 Å². The van der Waals surface area contributed by atoms with Gasteiger partial charge in [-0.15, -0.1) is 0 Å². The molecule has 0 unspecified atom stereocenters. The lowest BCUT2D eigenvalue weighted by atomic mass is 10.1. The molecule has 164 valence electrons. The minimum Gasteiger partial charge on any atom is -0.469 e. The Bertz CT molecular complexity index is 1050. The van der Waals surface area contributed by atoms with Crippen molar-refractivity contribution in [2.45, 2.75) is 30.7 Å². The van der Waals surface area contributed by atoms with Gasteiger partial charge in [-0.25, -0.2) is 18.5 Å². The van der Waals surface area contributed by atoms with Crippen molar-refractivity contribution in [1.82, 2.24) is 10.6 Å². The van der Waals surface area contributed by atoms with E-state index < -0.39 is 10.0 Å². The van der Waals surface area contributed by atoms with Gasteiger partial charge in [0.05, 0.1) is 17.7 Å². The van der Waals surface area contributed by atoms with Gasteiger partial charge in [-0.05, 0) is 48.2 Å². The summed E-state index contributed by atoms with van der Waals surface area (Å²) >= 11 is 0. The zero-order valence-corrected chi connectivity index (χ0v) is 18.1. The van der Waals surface area contributed by atoms with Crippen LogP contribution in [-0.2, 0) is 29.4 Å². The molecule has 0 aliphatic rings. The van der Waals surface area contributed by atoms with Gasteiger partial charge in [0.25, 0.3) is 0 Å². The largest absolute Gasteiger partial charge is 0.469 e. The molecule has 0 aliphatic carbocycles. The molecule has 0 radical (unpaired) electrons.